The smallest absolute Gasteiger partial charge is 0.311 e. The van der Waals surface area contributed by atoms with Gasteiger partial charge in [0.15, 0.2) is 0 Å². The number of hydrogen-bond donors (Lipinski definition) is 0. The number of pyridine rings is 1. The maximum Gasteiger partial charge on any atom is 0.311 e. The van der Waals surface area contributed by atoms with E-state index in [9.17, 15) is 9.59 Å². The van der Waals surface area contributed by atoms with Gasteiger partial charge in [-0.1, -0.05) is 6.07 Å². The van der Waals surface area contributed by atoms with Crippen LogP contribution in [0, 0.1) is 5.92 Å². The Labute approximate surface area is 99.4 Å². The quantitative estimate of drug-likeness (QED) is 0.709. The Balaban J connectivity index is 2.34. The molecule has 1 amide bonds. The van der Waals surface area contributed by atoms with E-state index in [1.807, 2.05) is 6.07 Å². The highest BCUT2D eigenvalue weighted by molar-refractivity contribution is 5.87. The molecule has 1 aliphatic heterocycles. The number of carbonyl (C=O) groups excluding carboxylic acids is 2. The summed E-state index contributed by atoms with van der Waals surface area (Å²) >= 11 is 0. The van der Waals surface area contributed by atoms with Crippen molar-refractivity contribution < 1.29 is 14.3 Å². The molecule has 90 valence electrons. The minimum atomic E-state index is -0.443. The topological polar surface area (TPSA) is 59.5 Å². The number of hydrogen-bond acceptors (Lipinski definition) is 4. The first kappa shape index (κ1) is 11.6. The van der Waals surface area contributed by atoms with E-state index in [1.54, 1.807) is 30.4 Å². The lowest BCUT2D eigenvalue weighted by Crippen LogP contribution is -2.27. The molecule has 5 nitrogen and oxygen atoms in total. The third-order valence-corrected chi connectivity index (χ3v) is 3.12. The molecule has 1 saturated heterocycles. The van der Waals surface area contributed by atoms with Crippen LogP contribution in [0.1, 0.15) is 18.0 Å². The fourth-order valence-electron chi connectivity index (χ4n) is 2.24. The number of carbonyl (C=O) groups is 2. The Morgan fingerprint density at radius 1 is 1.59 bits per heavy atom. The molecule has 5 heteroatoms. The Bertz CT molecular complexity index is 433. The summed E-state index contributed by atoms with van der Waals surface area (Å²) in [7, 11) is 3.04. The maximum absolute atomic E-state index is 11.7. The molecule has 2 heterocycles. The van der Waals surface area contributed by atoms with E-state index in [1.165, 1.54) is 7.11 Å². The first-order valence-corrected chi connectivity index (χ1v) is 5.38. The van der Waals surface area contributed by atoms with E-state index in [-0.39, 0.29) is 24.3 Å². The van der Waals surface area contributed by atoms with Gasteiger partial charge in [0.2, 0.25) is 5.91 Å². The van der Waals surface area contributed by atoms with Crippen LogP contribution < -0.4 is 0 Å². The molecular weight excluding hydrogens is 220 g/mol. The minimum Gasteiger partial charge on any atom is -0.469 e. The van der Waals surface area contributed by atoms with E-state index >= 15 is 0 Å². The zero-order valence-electron chi connectivity index (χ0n) is 9.79. The van der Waals surface area contributed by atoms with Gasteiger partial charge in [0.1, 0.15) is 0 Å². The number of esters is 1. The van der Waals surface area contributed by atoms with Crippen molar-refractivity contribution in [2.45, 2.75) is 12.5 Å². The van der Waals surface area contributed by atoms with E-state index in [0.717, 1.165) is 5.56 Å². The largest absolute Gasteiger partial charge is 0.469 e. The van der Waals surface area contributed by atoms with Crippen molar-refractivity contribution in [2.75, 3.05) is 14.2 Å². The van der Waals surface area contributed by atoms with Crippen molar-refractivity contribution in [3.8, 4) is 0 Å². The van der Waals surface area contributed by atoms with Crippen LogP contribution in [-0.2, 0) is 14.3 Å². The third-order valence-electron chi connectivity index (χ3n) is 3.12. The van der Waals surface area contributed by atoms with E-state index in [0.29, 0.717) is 0 Å². The average molecular weight is 234 g/mol. The highest BCUT2D eigenvalue weighted by Gasteiger charge is 2.43. The van der Waals surface area contributed by atoms with Crippen molar-refractivity contribution in [1.29, 1.82) is 0 Å². The number of aromatic nitrogens is 1. The summed E-state index contributed by atoms with van der Waals surface area (Å²) in [4.78, 5) is 29.0. The number of ether oxygens (including phenoxy) is 1. The molecule has 2 rings (SSSR count). The van der Waals surface area contributed by atoms with Gasteiger partial charge in [-0.05, 0) is 11.6 Å². The van der Waals surface area contributed by atoms with Crippen LogP contribution in [0.25, 0.3) is 0 Å². The molecule has 1 fully saturated rings. The molecule has 0 saturated carbocycles. The van der Waals surface area contributed by atoms with E-state index in [4.69, 9.17) is 4.74 Å². The second-order valence-electron chi connectivity index (χ2n) is 4.07. The summed E-state index contributed by atoms with van der Waals surface area (Å²) in [5.41, 5.74) is 0.858. The fourth-order valence-corrected chi connectivity index (χ4v) is 2.24. The molecule has 0 spiro atoms. The molecular formula is C12H14N2O3. The predicted molar refractivity (Wildman–Crippen MR) is 59.9 cm³/mol. The lowest BCUT2D eigenvalue weighted by Gasteiger charge is -2.23. The minimum absolute atomic E-state index is 0.0470. The summed E-state index contributed by atoms with van der Waals surface area (Å²) in [5, 5.41) is 0. The summed E-state index contributed by atoms with van der Waals surface area (Å²) in [6.07, 6.45) is 3.53. The highest BCUT2D eigenvalue weighted by Crippen LogP contribution is 2.37. The second kappa shape index (κ2) is 4.53. The third kappa shape index (κ3) is 2.00. The van der Waals surface area contributed by atoms with Gasteiger partial charge in [-0.15, -0.1) is 0 Å². The van der Waals surface area contributed by atoms with Crippen molar-refractivity contribution in [3.63, 3.8) is 0 Å². The van der Waals surface area contributed by atoms with Gasteiger partial charge in [-0.2, -0.15) is 0 Å². The lowest BCUT2D eigenvalue weighted by atomic mass is 9.95. The van der Waals surface area contributed by atoms with Gasteiger partial charge < -0.3 is 9.64 Å². The monoisotopic (exact) mass is 234 g/mol. The van der Waals surface area contributed by atoms with E-state index in [2.05, 4.69) is 4.98 Å². The zero-order valence-corrected chi connectivity index (χ0v) is 9.79. The molecule has 1 aliphatic rings. The molecule has 17 heavy (non-hydrogen) atoms. The highest BCUT2D eigenvalue weighted by atomic mass is 16.5. The van der Waals surface area contributed by atoms with Crippen LogP contribution in [-0.4, -0.2) is 35.9 Å². The van der Waals surface area contributed by atoms with Crippen LogP contribution in [0.2, 0.25) is 0 Å². The molecule has 0 N–H and O–H groups in total. The fraction of sp³-hybridized carbons (Fsp3) is 0.417. The Hall–Kier alpha value is -1.91. The van der Waals surface area contributed by atoms with Crippen molar-refractivity contribution in [2.24, 2.45) is 5.92 Å². The Kier molecular flexibility index (Phi) is 3.08. The first-order valence-electron chi connectivity index (χ1n) is 5.38. The molecule has 0 bridgehead atoms. The van der Waals surface area contributed by atoms with Crippen LogP contribution in [0.4, 0.5) is 0 Å². The number of methoxy groups -OCH3 is 1. The van der Waals surface area contributed by atoms with Crippen LogP contribution in [0.5, 0.6) is 0 Å². The SMILES string of the molecule is COC(=O)C1CC(=O)N(C)C1c1cccnc1. The standard InChI is InChI=1S/C12H14N2O3/c1-14-10(15)6-9(12(16)17-2)11(14)8-4-3-5-13-7-8/h3-5,7,9,11H,6H2,1-2H3. The van der Waals surface area contributed by atoms with E-state index < -0.39 is 5.92 Å². The van der Waals surface area contributed by atoms with Crippen LogP contribution in [0.15, 0.2) is 24.5 Å². The zero-order chi connectivity index (χ0) is 12.4. The summed E-state index contributed by atoms with van der Waals surface area (Å²) in [5.74, 6) is -0.840. The molecule has 0 aliphatic carbocycles. The Morgan fingerprint density at radius 3 is 2.94 bits per heavy atom. The van der Waals surface area contributed by atoms with Gasteiger partial charge in [0.05, 0.1) is 19.1 Å². The number of rotatable bonds is 2. The molecule has 1 aromatic heterocycles. The van der Waals surface area contributed by atoms with Crippen LogP contribution >= 0.6 is 0 Å². The Morgan fingerprint density at radius 2 is 2.35 bits per heavy atom. The number of nitrogens with zero attached hydrogens (tertiary/aromatic N) is 2. The van der Waals surface area contributed by atoms with Gasteiger partial charge in [0, 0.05) is 25.9 Å². The molecule has 0 radical (unpaired) electrons. The molecule has 0 aromatic carbocycles. The van der Waals surface area contributed by atoms with Crippen molar-refractivity contribution >= 4 is 11.9 Å². The lowest BCUT2D eigenvalue weighted by molar-refractivity contribution is -0.146. The van der Waals surface area contributed by atoms with Gasteiger partial charge in [0.25, 0.3) is 0 Å². The van der Waals surface area contributed by atoms with Crippen molar-refractivity contribution in [1.82, 2.24) is 9.88 Å². The molecule has 1 aromatic rings. The normalized spacial score (nSPS) is 23.9. The predicted octanol–water partition coefficient (Wildman–Crippen LogP) is 0.774. The second-order valence-corrected chi connectivity index (χ2v) is 4.07. The maximum atomic E-state index is 11.7. The van der Waals surface area contributed by atoms with Crippen molar-refractivity contribution in [3.05, 3.63) is 30.1 Å². The van der Waals surface area contributed by atoms with Gasteiger partial charge in [-0.3, -0.25) is 14.6 Å². The number of likely N-dealkylation sites (tertiary alicyclic amines) is 1. The van der Waals surface area contributed by atoms with Gasteiger partial charge >= 0.3 is 5.97 Å². The first-order chi connectivity index (χ1) is 8.15. The molecule has 2 atom stereocenters. The van der Waals surface area contributed by atoms with Crippen LogP contribution in [0.3, 0.4) is 0 Å². The average Bonchev–Trinajstić information content (AvgIpc) is 2.66. The summed E-state index contributed by atoms with van der Waals surface area (Å²) < 4.78 is 4.74. The molecule has 2 unspecified atom stereocenters. The van der Waals surface area contributed by atoms with Gasteiger partial charge in [-0.25, -0.2) is 0 Å². The number of amides is 1. The summed E-state index contributed by atoms with van der Waals surface area (Å²) in [6.45, 7) is 0. The summed E-state index contributed by atoms with van der Waals surface area (Å²) in [6, 6.07) is 3.38.